The Hall–Kier alpha value is -1.06. The van der Waals surface area contributed by atoms with Crippen molar-refractivity contribution in [1.29, 1.82) is 0 Å². The van der Waals surface area contributed by atoms with E-state index < -0.39 is 5.54 Å². The predicted octanol–water partition coefficient (Wildman–Crippen LogP) is 2.86. The van der Waals surface area contributed by atoms with Gasteiger partial charge >= 0.3 is 0 Å². The summed E-state index contributed by atoms with van der Waals surface area (Å²) in [6.45, 7) is 8.08. The topological polar surface area (TPSA) is 49.4 Å². The lowest BCUT2D eigenvalue weighted by molar-refractivity contribution is -0.159. The summed E-state index contributed by atoms with van der Waals surface area (Å²) in [5.41, 5.74) is -0.727. The summed E-state index contributed by atoms with van der Waals surface area (Å²) < 4.78 is 0. The van der Waals surface area contributed by atoms with Crippen molar-refractivity contribution in [1.82, 2.24) is 10.2 Å². The van der Waals surface area contributed by atoms with Gasteiger partial charge in [-0.25, -0.2) is 0 Å². The van der Waals surface area contributed by atoms with E-state index in [1.807, 2.05) is 25.7 Å². The summed E-state index contributed by atoms with van der Waals surface area (Å²) >= 11 is 0. The highest BCUT2D eigenvalue weighted by Gasteiger charge is 2.49. The van der Waals surface area contributed by atoms with Crippen molar-refractivity contribution in [3.63, 3.8) is 0 Å². The number of nitrogens with one attached hydrogen (secondary N) is 1. The molecule has 4 nitrogen and oxygen atoms in total. The average molecular weight is 294 g/mol. The molecule has 1 saturated carbocycles. The molecule has 0 bridgehead atoms. The number of hydrogen-bond acceptors (Lipinski definition) is 2. The van der Waals surface area contributed by atoms with Gasteiger partial charge < -0.3 is 10.2 Å². The van der Waals surface area contributed by atoms with Crippen LogP contribution < -0.4 is 5.32 Å². The lowest BCUT2D eigenvalue weighted by Gasteiger charge is -2.48. The lowest BCUT2D eigenvalue weighted by Crippen LogP contribution is -2.71. The van der Waals surface area contributed by atoms with Crippen LogP contribution in [-0.4, -0.2) is 34.3 Å². The molecular formula is C17H30N2O2. The van der Waals surface area contributed by atoms with E-state index in [2.05, 4.69) is 12.2 Å². The van der Waals surface area contributed by atoms with E-state index in [1.54, 1.807) is 0 Å². The Balaban J connectivity index is 2.34. The van der Waals surface area contributed by atoms with Crippen LogP contribution in [0.4, 0.5) is 0 Å². The third-order valence-corrected chi connectivity index (χ3v) is 5.51. The summed E-state index contributed by atoms with van der Waals surface area (Å²) in [5.74, 6) is 0.630. The average Bonchev–Trinajstić information content (AvgIpc) is 2.67. The Morgan fingerprint density at radius 2 is 1.86 bits per heavy atom. The van der Waals surface area contributed by atoms with E-state index >= 15 is 0 Å². The Morgan fingerprint density at radius 1 is 1.19 bits per heavy atom. The van der Waals surface area contributed by atoms with Crippen LogP contribution in [0.25, 0.3) is 0 Å². The van der Waals surface area contributed by atoms with Crippen molar-refractivity contribution in [2.75, 3.05) is 0 Å². The summed E-state index contributed by atoms with van der Waals surface area (Å²) in [6, 6.07) is -0.0652. The lowest BCUT2D eigenvalue weighted by atomic mass is 9.86. The van der Waals surface area contributed by atoms with Gasteiger partial charge in [0.25, 0.3) is 0 Å². The summed E-state index contributed by atoms with van der Waals surface area (Å²) in [4.78, 5) is 27.5. The zero-order chi connectivity index (χ0) is 15.6. The Bertz CT molecular complexity index is 410. The highest BCUT2D eigenvalue weighted by atomic mass is 16.2. The second kappa shape index (κ2) is 6.37. The SMILES string of the molecule is CCC1C(=O)NC(C)(CC)C(=O)N1C1CCCCCC1C. The fourth-order valence-electron chi connectivity index (χ4n) is 3.85. The number of nitrogens with zero attached hydrogens (tertiary/aromatic N) is 1. The highest BCUT2D eigenvalue weighted by molar-refractivity contribution is 5.99. The maximum absolute atomic E-state index is 13.1. The molecule has 1 N–H and O–H groups in total. The van der Waals surface area contributed by atoms with Gasteiger partial charge in [0.1, 0.15) is 11.6 Å². The number of carbonyl (C=O) groups excluding carboxylic acids is 2. The molecule has 4 unspecified atom stereocenters. The Kier molecular flexibility index (Phi) is 4.95. The van der Waals surface area contributed by atoms with Crippen molar-refractivity contribution >= 4 is 11.8 Å². The molecule has 1 heterocycles. The molecule has 0 aromatic rings. The molecule has 4 atom stereocenters. The Labute approximate surface area is 128 Å². The smallest absolute Gasteiger partial charge is 0.248 e. The molecule has 21 heavy (non-hydrogen) atoms. The van der Waals surface area contributed by atoms with Gasteiger partial charge in [0.05, 0.1) is 0 Å². The van der Waals surface area contributed by atoms with E-state index in [0.717, 1.165) is 12.8 Å². The zero-order valence-corrected chi connectivity index (χ0v) is 13.9. The van der Waals surface area contributed by atoms with Crippen molar-refractivity contribution < 1.29 is 9.59 Å². The molecule has 2 fully saturated rings. The van der Waals surface area contributed by atoms with Crippen LogP contribution in [0.1, 0.15) is 72.6 Å². The van der Waals surface area contributed by atoms with Gasteiger partial charge in [-0.15, -0.1) is 0 Å². The molecule has 120 valence electrons. The molecule has 0 aromatic carbocycles. The number of rotatable bonds is 3. The molecule has 0 aromatic heterocycles. The van der Waals surface area contributed by atoms with Gasteiger partial charge in [-0.3, -0.25) is 9.59 Å². The first-order valence-electron chi connectivity index (χ1n) is 8.59. The molecule has 2 amide bonds. The normalized spacial score (nSPS) is 38.1. The van der Waals surface area contributed by atoms with Crippen LogP contribution in [0.5, 0.6) is 0 Å². The van der Waals surface area contributed by atoms with Crippen molar-refractivity contribution in [3.8, 4) is 0 Å². The first kappa shape index (κ1) is 16.3. The standard InChI is InChI=1S/C17H30N2O2/c1-5-13-15(20)18-17(4,6-2)16(21)19(13)14-11-9-7-8-10-12(14)3/h12-14H,5-11H2,1-4H3,(H,18,20). The van der Waals surface area contributed by atoms with Gasteiger partial charge in [-0.2, -0.15) is 0 Å². The molecule has 1 aliphatic heterocycles. The second-order valence-corrected chi connectivity index (χ2v) is 6.99. The first-order valence-corrected chi connectivity index (χ1v) is 8.59. The van der Waals surface area contributed by atoms with Crippen LogP contribution in [0.3, 0.4) is 0 Å². The number of amides is 2. The van der Waals surface area contributed by atoms with Crippen LogP contribution in [0, 0.1) is 5.92 Å². The van der Waals surface area contributed by atoms with Gasteiger partial charge in [-0.1, -0.05) is 40.0 Å². The minimum Gasteiger partial charge on any atom is -0.340 e. The fraction of sp³-hybridized carbons (Fsp3) is 0.882. The van der Waals surface area contributed by atoms with E-state index in [4.69, 9.17) is 0 Å². The summed E-state index contributed by atoms with van der Waals surface area (Å²) in [7, 11) is 0. The van der Waals surface area contributed by atoms with E-state index in [9.17, 15) is 9.59 Å². The summed E-state index contributed by atoms with van der Waals surface area (Å²) in [6.07, 6.45) is 7.20. The predicted molar refractivity (Wildman–Crippen MR) is 83.8 cm³/mol. The van der Waals surface area contributed by atoms with Gasteiger partial charge in [0.15, 0.2) is 0 Å². The number of piperazine rings is 1. The molecule has 1 aliphatic carbocycles. The quantitative estimate of drug-likeness (QED) is 0.814. The monoisotopic (exact) mass is 294 g/mol. The maximum atomic E-state index is 13.1. The van der Waals surface area contributed by atoms with Crippen molar-refractivity contribution in [2.24, 2.45) is 5.92 Å². The van der Waals surface area contributed by atoms with Crippen molar-refractivity contribution in [3.05, 3.63) is 0 Å². The molecule has 0 radical (unpaired) electrons. The highest BCUT2D eigenvalue weighted by Crippen LogP contribution is 2.33. The molecule has 2 rings (SSSR count). The molecule has 1 saturated heterocycles. The van der Waals surface area contributed by atoms with E-state index in [-0.39, 0.29) is 23.9 Å². The molecule has 0 spiro atoms. The fourth-order valence-corrected chi connectivity index (χ4v) is 3.85. The van der Waals surface area contributed by atoms with Crippen molar-refractivity contribution in [2.45, 2.75) is 90.3 Å². The third kappa shape index (κ3) is 2.95. The van der Waals surface area contributed by atoms with Crippen LogP contribution in [0.2, 0.25) is 0 Å². The van der Waals surface area contributed by atoms with E-state index in [1.165, 1.54) is 19.3 Å². The second-order valence-electron chi connectivity index (χ2n) is 6.99. The largest absolute Gasteiger partial charge is 0.340 e. The Morgan fingerprint density at radius 3 is 2.48 bits per heavy atom. The minimum atomic E-state index is -0.727. The van der Waals surface area contributed by atoms with Gasteiger partial charge in [0, 0.05) is 6.04 Å². The maximum Gasteiger partial charge on any atom is 0.248 e. The van der Waals surface area contributed by atoms with Crippen LogP contribution in [0.15, 0.2) is 0 Å². The summed E-state index contributed by atoms with van der Waals surface area (Å²) in [5, 5.41) is 2.96. The zero-order valence-electron chi connectivity index (χ0n) is 13.9. The third-order valence-electron chi connectivity index (χ3n) is 5.51. The van der Waals surface area contributed by atoms with Crippen LogP contribution >= 0.6 is 0 Å². The molecule has 2 aliphatic rings. The minimum absolute atomic E-state index is 0.0258. The van der Waals surface area contributed by atoms with Crippen LogP contribution in [-0.2, 0) is 9.59 Å². The molecular weight excluding hydrogens is 264 g/mol. The van der Waals surface area contributed by atoms with Gasteiger partial charge in [0.2, 0.25) is 11.8 Å². The van der Waals surface area contributed by atoms with Gasteiger partial charge in [-0.05, 0) is 38.5 Å². The van der Waals surface area contributed by atoms with E-state index in [0.29, 0.717) is 18.8 Å². The number of hydrogen-bond donors (Lipinski definition) is 1. The first-order chi connectivity index (χ1) is 9.94. The molecule has 4 heteroatoms. The number of carbonyl (C=O) groups is 2.